The quantitative estimate of drug-likeness (QED) is 0.548. The molecular formula is C22H25N5O2S. The summed E-state index contributed by atoms with van der Waals surface area (Å²) in [6, 6.07) is 10.6. The Balaban J connectivity index is 1.44. The van der Waals surface area contributed by atoms with Crippen molar-refractivity contribution >= 4 is 12.2 Å². The number of ether oxygens (including phenoxy) is 2. The molecule has 30 heavy (non-hydrogen) atoms. The van der Waals surface area contributed by atoms with Gasteiger partial charge in [0.15, 0.2) is 22.1 Å². The van der Waals surface area contributed by atoms with Gasteiger partial charge in [0.1, 0.15) is 0 Å². The zero-order valence-electron chi connectivity index (χ0n) is 17.0. The van der Waals surface area contributed by atoms with Crippen molar-refractivity contribution in [2.24, 2.45) is 0 Å². The molecule has 1 atom stereocenters. The molecule has 5 rings (SSSR count). The minimum absolute atomic E-state index is 0.301. The van der Waals surface area contributed by atoms with Crippen LogP contribution in [0.3, 0.4) is 0 Å². The molecule has 0 N–H and O–H groups in total. The van der Waals surface area contributed by atoms with Crippen LogP contribution < -0.4 is 9.47 Å². The van der Waals surface area contributed by atoms with E-state index < -0.39 is 0 Å². The van der Waals surface area contributed by atoms with E-state index in [0.29, 0.717) is 19.5 Å². The lowest BCUT2D eigenvalue weighted by Gasteiger charge is -2.24. The van der Waals surface area contributed by atoms with Crippen LogP contribution in [0.1, 0.15) is 37.8 Å². The molecule has 2 aromatic heterocycles. The van der Waals surface area contributed by atoms with Crippen LogP contribution in [-0.2, 0) is 13.2 Å². The van der Waals surface area contributed by atoms with Crippen molar-refractivity contribution in [2.45, 2.75) is 45.4 Å². The molecule has 8 heteroatoms. The largest absolute Gasteiger partial charge is 0.454 e. The zero-order chi connectivity index (χ0) is 20.5. The highest BCUT2D eigenvalue weighted by Crippen LogP contribution is 2.39. The molecule has 1 unspecified atom stereocenters. The van der Waals surface area contributed by atoms with Gasteiger partial charge in [0.25, 0.3) is 0 Å². The molecule has 156 valence electrons. The number of fused-ring (bicyclic) bond motifs is 1. The van der Waals surface area contributed by atoms with Crippen LogP contribution in [0.25, 0.3) is 11.4 Å². The fourth-order valence-corrected chi connectivity index (χ4v) is 4.61. The van der Waals surface area contributed by atoms with Gasteiger partial charge in [-0.1, -0.05) is 13.0 Å². The zero-order valence-corrected chi connectivity index (χ0v) is 17.8. The second-order valence-corrected chi connectivity index (χ2v) is 8.08. The lowest BCUT2D eigenvalue weighted by Crippen LogP contribution is -2.27. The molecule has 2 aliphatic rings. The first-order valence-electron chi connectivity index (χ1n) is 10.5. The van der Waals surface area contributed by atoms with Gasteiger partial charge < -0.3 is 9.47 Å². The van der Waals surface area contributed by atoms with Gasteiger partial charge in [-0.2, -0.15) is 5.10 Å². The number of hydrogen-bond acceptors (Lipinski definition) is 6. The van der Waals surface area contributed by atoms with Gasteiger partial charge in [-0.25, -0.2) is 4.68 Å². The van der Waals surface area contributed by atoms with Gasteiger partial charge >= 0.3 is 0 Å². The summed E-state index contributed by atoms with van der Waals surface area (Å²) in [5.41, 5.74) is 2.29. The Bertz CT molecular complexity index is 1090. The maximum absolute atomic E-state index is 5.82. The number of likely N-dealkylation sites (tertiary alicyclic amines) is 1. The number of hydrogen-bond donors (Lipinski definition) is 0. The van der Waals surface area contributed by atoms with E-state index in [4.69, 9.17) is 26.8 Å². The predicted octanol–water partition coefficient (Wildman–Crippen LogP) is 4.41. The molecular weight excluding hydrogens is 398 g/mol. The second kappa shape index (κ2) is 8.20. The molecule has 0 aliphatic carbocycles. The Morgan fingerprint density at radius 3 is 2.80 bits per heavy atom. The SMILES string of the molecule is CCCn1c(-c2ccncc2)nn(CN2CCCC2c2ccc3c(c2)OCO3)c1=S. The molecule has 1 saturated heterocycles. The van der Waals surface area contributed by atoms with Crippen molar-refractivity contribution < 1.29 is 9.47 Å². The first kappa shape index (κ1) is 19.3. The number of aromatic nitrogens is 4. The molecule has 7 nitrogen and oxygen atoms in total. The third-order valence-corrected chi connectivity index (χ3v) is 6.20. The Morgan fingerprint density at radius 1 is 1.13 bits per heavy atom. The van der Waals surface area contributed by atoms with Crippen LogP contribution in [0, 0.1) is 4.77 Å². The maximum Gasteiger partial charge on any atom is 0.231 e. The van der Waals surface area contributed by atoms with Crippen molar-refractivity contribution in [2.75, 3.05) is 13.3 Å². The van der Waals surface area contributed by atoms with Gasteiger partial charge in [0, 0.05) is 37.1 Å². The van der Waals surface area contributed by atoms with Gasteiger partial charge in [0.2, 0.25) is 6.79 Å². The molecule has 2 aliphatic heterocycles. The molecule has 1 fully saturated rings. The molecule has 0 amide bonds. The van der Waals surface area contributed by atoms with E-state index in [1.54, 1.807) is 12.4 Å². The summed E-state index contributed by atoms with van der Waals surface area (Å²) in [5, 5.41) is 4.91. The van der Waals surface area contributed by atoms with E-state index in [1.165, 1.54) is 5.56 Å². The van der Waals surface area contributed by atoms with Crippen molar-refractivity contribution in [3.05, 3.63) is 53.1 Å². The Kier molecular flexibility index (Phi) is 5.26. The Hall–Kier alpha value is -2.71. The van der Waals surface area contributed by atoms with Crippen LogP contribution in [-0.4, -0.2) is 37.6 Å². The standard InChI is InChI=1S/C22H25N5O2S/c1-2-11-26-21(16-7-9-23-10-8-16)24-27(22(26)30)14-25-12-3-4-18(25)17-5-6-19-20(13-17)29-15-28-19/h5-10,13,18H,2-4,11-12,14-15H2,1H3. The van der Waals surface area contributed by atoms with Gasteiger partial charge in [-0.3, -0.25) is 14.5 Å². The normalized spacial score (nSPS) is 18.2. The van der Waals surface area contributed by atoms with Crippen LogP contribution in [0.4, 0.5) is 0 Å². The fourth-order valence-electron chi connectivity index (χ4n) is 4.34. The number of benzene rings is 1. The maximum atomic E-state index is 5.82. The minimum Gasteiger partial charge on any atom is -0.454 e. The van der Waals surface area contributed by atoms with E-state index in [2.05, 4.69) is 33.5 Å². The van der Waals surface area contributed by atoms with Gasteiger partial charge in [0.05, 0.1) is 6.67 Å². The van der Waals surface area contributed by atoms with Crippen LogP contribution in [0.2, 0.25) is 0 Å². The topological polar surface area (TPSA) is 57.3 Å². The van der Waals surface area contributed by atoms with Crippen LogP contribution in [0.15, 0.2) is 42.7 Å². The van der Waals surface area contributed by atoms with E-state index >= 15 is 0 Å². The van der Waals surface area contributed by atoms with Crippen molar-refractivity contribution in [1.29, 1.82) is 0 Å². The third-order valence-electron chi connectivity index (χ3n) is 5.77. The van der Waals surface area contributed by atoms with E-state index in [-0.39, 0.29) is 0 Å². The fraction of sp³-hybridized carbons (Fsp3) is 0.409. The summed E-state index contributed by atoms with van der Waals surface area (Å²) in [5.74, 6) is 2.57. The van der Waals surface area contributed by atoms with E-state index in [1.807, 2.05) is 22.9 Å². The lowest BCUT2D eigenvalue weighted by molar-refractivity contribution is 0.173. The first-order valence-corrected chi connectivity index (χ1v) is 10.9. The highest BCUT2D eigenvalue weighted by atomic mass is 32.1. The lowest BCUT2D eigenvalue weighted by atomic mass is 10.0. The Labute approximate surface area is 180 Å². The van der Waals surface area contributed by atoms with Crippen molar-refractivity contribution in [3.63, 3.8) is 0 Å². The highest BCUT2D eigenvalue weighted by molar-refractivity contribution is 7.71. The minimum atomic E-state index is 0.301. The highest BCUT2D eigenvalue weighted by Gasteiger charge is 2.28. The summed E-state index contributed by atoms with van der Waals surface area (Å²) < 4.78 is 15.9. The molecule has 1 aromatic carbocycles. The molecule has 0 bridgehead atoms. The first-order chi connectivity index (χ1) is 14.7. The summed E-state index contributed by atoms with van der Waals surface area (Å²) >= 11 is 5.82. The molecule has 4 heterocycles. The van der Waals surface area contributed by atoms with Crippen molar-refractivity contribution in [1.82, 2.24) is 24.2 Å². The number of pyridine rings is 1. The number of nitrogens with zero attached hydrogens (tertiary/aromatic N) is 5. The average molecular weight is 424 g/mol. The number of rotatable bonds is 6. The molecule has 0 saturated carbocycles. The summed E-state index contributed by atoms with van der Waals surface area (Å²) in [4.78, 5) is 6.58. The Morgan fingerprint density at radius 2 is 1.97 bits per heavy atom. The smallest absolute Gasteiger partial charge is 0.231 e. The van der Waals surface area contributed by atoms with Crippen molar-refractivity contribution in [3.8, 4) is 22.9 Å². The van der Waals surface area contributed by atoms with Gasteiger partial charge in [-0.15, -0.1) is 0 Å². The molecule has 3 aromatic rings. The summed E-state index contributed by atoms with van der Waals surface area (Å²) in [7, 11) is 0. The van der Waals surface area contributed by atoms with Crippen LogP contribution in [0.5, 0.6) is 11.5 Å². The van der Waals surface area contributed by atoms with E-state index in [9.17, 15) is 0 Å². The average Bonchev–Trinajstić information content (AvgIpc) is 3.50. The second-order valence-electron chi connectivity index (χ2n) is 7.72. The monoisotopic (exact) mass is 423 g/mol. The van der Waals surface area contributed by atoms with E-state index in [0.717, 1.165) is 60.0 Å². The van der Waals surface area contributed by atoms with Gasteiger partial charge in [-0.05, 0) is 61.3 Å². The third kappa shape index (κ3) is 3.50. The summed E-state index contributed by atoms with van der Waals surface area (Å²) in [6.07, 6.45) is 6.86. The molecule has 0 spiro atoms. The predicted molar refractivity (Wildman–Crippen MR) is 116 cm³/mol. The molecule has 0 radical (unpaired) electrons. The van der Waals surface area contributed by atoms with Crippen LogP contribution >= 0.6 is 12.2 Å². The summed E-state index contributed by atoms with van der Waals surface area (Å²) in [6.45, 7) is 5.00.